The molecule has 1 aliphatic heterocycles. The molecule has 0 aliphatic carbocycles. The maximum atomic E-state index is 13.5. The van der Waals surface area contributed by atoms with E-state index in [0.29, 0.717) is 16.7 Å². The van der Waals surface area contributed by atoms with Crippen LogP contribution < -0.4 is 16.0 Å². The number of halogens is 2. The first-order valence-corrected chi connectivity index (χ1v) is 8.72. The summed E-state index contributed by atoms with van der Waals surface area (Å²) in [5.74, 6) is -1.66. The molecule has 146 valence electrons. The van der Waals surface area contributed by atoms with Gasteiger partial charge >= 0.3 is 6.09 Å². The lowest BCUT2D eigenvalue weighted by Crippen LogP contribution is -2.40. The van der Waals surface area contributed by atoms with Crippen molar-refractivity contribution >= 4 is 34.4 Å². The van der Waals surface area contributed by atoms with Crippen LogP contribution in [0.1, 0.15) is 33.6 Å². The van der Waals surface area contributed by atoms with E-state index in [1.54, 1.807) is 43.9 Å². The summed E-state index contributed by atoms with van der Waals surface area (Å²) in [5, 5.41) is 3.29. The number of anilines is 3. The third-order valence-corrected chi connectivity index (χ3v) is 4.10. The molecule has 1 fully saturated rings. The topological polar surface area (TPSA) is 93.4 Å². The number of nitrogens with two attached hydrogens (primary N) is 1. The number of nitrogen functional groups attached to an aromatic ring is 1. The minimum absolute atomic E-state index is 0.157. The fourth-order valence-electron chi connectivity index (χ4n) is 2.88. The molecule has 2 aromatic heterocycles. The van der Waals surface area contributed by atoms with Crippen LogP contribution in [-0.4, -0.2) is 40.7 Å². The second kappa shape index (κ2) is 6.79. The standard InChI is InChI=1S/C18H23F2N5O2/c1-17(2,3)27-16(26)24-13-5-4-11-10-12(21)22-15(14(11)23-13)25-8-6-18(19,20)7-9-25/h4-5,10H,6-9H2,1-3H3,(H2,21,22)(H,23,24,26). The minimum Gasteiger partial charge on any atom is -0.444 e. The highest BCUT2D eigenvalue weighted by atomic mass is 19.3. The SMILES string of the molecule is CC(C)(C)OC(=O)Nc1ccc2cc(N)nc(N3CCC(F)(F)CC3)c2n1. The van der Waals surface area contributed by atoms with Crippen LogP contribution >= 0.6 is 0 Å². The number of piperidine rings is 1. The van der Waals surface area contributed by atoms with Gasteiger partial charge in [-0.3, -0.25) is 5.32 Å². The predicted molar refractivity (Wildman–Crippen MR) is 100 cm³/mol. The molecule has 27 heavy (non-hydrogen) atoms. The van der Waals surface area contributed by atoms with E-state index in [2.05, 4.69) is 15.3 Å². The van der Waals surface area contributed by atoms with E-state index in [0.717, 1.165) is 0 Å². The summed E-state index contributed by atoms with van der Waals surface area (Å²) in [6.07, 6.45) is -1.13. The number of rotatable bonds is 2. The van der Waals surface area contributed by atoms with E-state index in [1.165, 1.54) is 0 Å². The maximum Gasteiger partial charge on any atom is 0.413 e. The van der Waals surface area contributed by atoms with Crippen LogP contribution in [0.15, 0.2) is 18.2 Å². The average molecular weight is 379 g/mol. The molecular formula is C18H23F2N5O2. The average Bonchev–Trinajstić information content (AvgIpc) is 2.53. The van der Waals surface area contributed by atoms with Crippen molar-refractivity contribution in [3.05, 3.63) is 18.2 Å². The Hall–Kier alpha value is -2.71. The summed E-state index contributed by atoms with van der Waals surface area (Å²) in [6.45, 7) is 5.60. The zero-order chi connectivity index (χ0) is 19.8. The van der Waals surface area contributed by atoms with Crippen molar-refractivity contribution in [2.24, 2.45) is 0 Å². The van der Waals surface area contributed by atoms with Crippen LogP contribution in [0.25, 0.3) is 10.9 Å². The molecule has 0 spiro atoms. The van der Waals surface area contributed by atoms with E-state index in [9.17, 15) is 13.6 Å². The van der Waals surface area contributed by atoms with E-state index in [4.69, 9.17) is 10.5 Å². The molecule has 0 bridgehead atoms. The Morgan fingerprint density at radius 2 is 1.93 bits per heavy atom. The molecule has 0 saturated carbocycles. The van der Waals surface area contributed by atoms with Gasteiger partial charge in [-0.15, -0.1) is 0 Å². The molecular weight excluding hydrogens is 356 g/mol. The Bertz CT molecular complexity index is 857. The Morgan fingerprint density at radius 3 is 2.56 bits per heavy atom. The molecule has 1 aliphatic rings. The zero-order valence-electron chi connectivity index (χ0n) is 15.6. The molecule has 1 saturated heterocycles. The number of fused-ring (bicyclic) bond motifs is 1. The third kappa shape index (κ3) is 4.72. The normalized spacial score (nSPS) is 17.0. The molecule has 7 nitrogen and oxygen atoms in total. The molecule has 9 heteroatoms. The monoisotopic (exact) mass is 379 g/mol. The number of carbonyl (C=O) groups is 1. The summed E-state index contributed by atoms with van der Waals surface area (Å²) >= 11 is 0. The van der Waals surface area contributed by atoms with Gasteiger partial charge in [-0.05, 0) is 39.0 Å². The van der Waals surface area contributed by atoms with Crippen LogP contribution in [0.3, 0.4) is 0 Å². The quantitative estimate of drug-likeness (QED) is 0.824. The van der Waals surface area contributed by atoms with Crippen LogP contribution in [0.2, 0.25) is 0 Å². The summed E-state index contributed by atoms with van der Waals surface area (Å²) < 4.78 is 32.2. The van der Waals surface area contributed by atoms with Gasteiger partial charge in [-0.25, -0.2) is 23.5 Å². The van der Waals surface area contributed by atoms with Crippen molar-refractivity contribution in [1.82, 2.24) is 9.97 Å². The summed E-state index contributed by atoms with van der Waals surface area (Å²) in [6, 6.07) is 5.02. The number of nitrogens with zero attached hydrogens (tertiary/aromatic N) is 3. The molecule has 2 aromatic rings. The molecule has 3 heterocycles. The Labute approximate surface area is 155 Å². The van der Waals surface area contributed by atoms with Gasteiger partial charge in [0.25, 0.3) is 5.92 Å². The van der Waals surface area contributed by atoms with Crippen molar-refractivity contribution in [2.75, 3.05) is 29.0 Å². The lowest BCUT2D eigenvalue weighted by Gasteiger charge is -2.33. The highest BCUT2D eigenvalue weighted by Gasteiger charge is 2.35. The van der Waals surface area contributed by atoms with E-state index in [-0.39, 0.29) is 37.6 Å². The van der Waals surface area contributed by atoms with Gasteiger partial charge < -0.3 is 15.4 Å². The van der Waals surface area contributed by atoms with Gasteiger partial charge in [0, 0.05) is 31.3 Å². The third-order valence-electron chi connectivity index (χ3n) is 4.10. The molecule has 0 aromatic carbocycles. The molecule has 0 radical (unpaired) electrons. The van der Waals surface area contributed by atoms with Crippen molar-refractivity contribution in [3.63, 3.8) is 0 Å². The van der Waals surface area contributed by atoms with E-state index in [1.807, 2.05) is 0 Å². The summed E-state index contributed by atoms with van der Waals surface area (Å²) in [7, 11) is 0. The fraction of sp³-hybridized carbons (Fsp3) is 0.500. The van der Waals surface area contributed by atoms with Crippen molar-refractivity contribution in [2.45, 2.75) is 45.1 Å². The fourth-order valence-corrected chi connectivity index (χ4v) is 2.88. The first-order chi connectivity index (χ1) is 12.5. The Morgan fingerprint density at radius 1 is 1.26 bits per heavy atom. The van der Waals surface area contributed by atoms with Gasteiger partial charge in [0.1, 0.15) is 22.8 Å². The second-order valence-corrected chi connectivity index (χ2v) is 7.61. The highest BCUT2D eigenvalue weighted by Crippen LogP contribution is 2.33. The van der Waals surface area contributed by atoms with Gasteiger partial charge in [0.05, 0.1) is 0 Å². The summed E-state index contributed by atoms with van der Waals surface area (Å²) in [4.78, 5) is 22.5. The zero-order valence-corrected chi connectivity index (χ0v) is 15.6. The molecule has 3 N–H and O–H groups in total. The van der Waals surface area contributed by atoms with Gasteiger partial charge in [0.15, 0.2) is 5.82 Å². The molecule has 1 amide bonds. The highest BCUT2D eigenvalue weighted by molar-refractivity contribution is 5.93. The number of pyridine rings is 2. The maximum absolute atomic E-state index is 13.5. The minimum atomic E-state index is -2.66. The molecule has 0 unspecified atom stereocenters. The van der Waals surface area contributed by atoms with E-state index < -0.39 is 17.6 Å². The number of hydrogen-bond acceptors (Lipinski definition) is 6. The Balaban J connectivity index is 1.90. The number of carbonyl (C=O) groups excluding carboxylic acids is 1. The van der Waals surface area contributed by atoms with Crippen LogP contribution in [0.4, 0.5) is 31.0 Å². The van der Waals surface area contributed by atoms with Gasteiger partial charge in [-0.2, -0.15) is 0 Å². The molecule has 3 rings (SSSR count). The van der Waals surface area contributed by atoms with E-state index >= 15 is 0 Å². The van der Waals surface area contributed by atoms with Crippen molar-refractivity contribution in [3.8, 4) is 0 Å². The van der Waals surface area contributed by atoms with Gasteiger partial charge in [-0.1, -0.05) is 0 Å². The number of nitrogens with one attached hydrogen (secondary N) is 1. The summed E-state index contributed by atoms with van der Waals surface area (Å²) in [5.41, 5.74) is 5.72. The number of amides is 1. The van der Waals surface area contributed by atoms with Crippen LogP contribution in [0.5, 0.6) is 0 Å². The number of hydrogen-bond donors (Lipinski definition) is 2. The second-order valence-electron chi connectivity index (χ2n) is 7.61. The number of ether oxygens (including phenoxy) is 1. The van der Waals surface area contributed by atoms with Crippen LogP contribution in [-0.2, 0) is 4.74 Å². The van der Waals surface area contributed by atoms with Gasteiger partial charge in [0.2, 0.25) is 0 Å². The number of alkyl halides is 2. The Kier molecular flexibility index (Phi) is 4.79. The first-order valence-electron chi connectivity index (χ1n) is 8.72. The van der Waals surface area contributed by atoms with Crippen molar-refractivity contribution in [1.29, 1.82) is 0 Å². The lowest BCUT2D eigenvalue weighted by atomic mass is 10.1. The first kappa shape index (κ1) is 19.1. The largest absolute Gasteiger partial charge is 0.444 e. The smallest absolute Gasteiger partial charge is 0.413 e. The van der Waals surface area contributed by atoms with Crippen molar-refractivity contribution < 1.29 is 18.3 Å². The van der Waals surface area contributed by atoms with Crippen LogP contribution in [0, 0.1) is 0 Å². The lowest BCUT2D eigenvalue weighted by molar-refractivity contribution is -0.0221. The predicted octanol–water partition coefficient (Wildman–Crippen LogP) is 3.79. The molecule has 0 atom stereocenters. The number of aromatic nitrogens is 2.